The van der Waals surface area contributed by atoms with Crippen molar-refractivity contribution in [3.8, 4) is 11.8 Å². The smallest absolute Gasteiger partial charge is 0.265 e. The molecule has 0 saturated carbocycles. The Labute approximate surface area is 73.3 Å². The van der Waals surface area contributed by atoms with E-state index in [4.69, 9.17) is 10.4 Å². The first-order valence-corrected chi connectivity index (χ1v) is 3.47. The minimum absolute atomic E-state index is 0.0486. The van der Waals surface area contributed by atoms with Crippen LogP contribution in [0.15, 0.2) is 12.4 Å². The Morgan fingerprint density at radius 2 is 2.23 bits per heavy atom. The molecule has 0 bridgehead atoms. The maximum atomic E-state index is 12.3. The van der Waals surface area contributed by atoms with E-state index in [0.717, 1.165) is 12.4 Å². The first-order valence-electron chi connectivity index (χ1n) is 3.47. The summed E-state index contributed by atoms with van der Waals surface area (Å²) in [5.41, 5.74) is -0.436. The summed E-state index contributed by atoms with van der Waals surface area (Å²) in [6.45, 7) is 0. The van der Waals surface area contributed by atoms with E-state index in [1.54, 1.807) is 6.07 Å². The van der Waals surface area contributed by atoms with E-state index in [1.807, 2.05) is 0 Å². The van der Waals surface area contributed by atoms with Crippen LogP contribution in [0.5, 0.6) is 5.75 Å². The second kappa shape index (κ2) is 3.81. The molecule has 1 N–H and O–H groups in total. The maximum absolute atomic E-state index is 12.3. The monoisotopic (exact) mass is 184 g/mol. The Balaban J connectivity index is 3.19. The number of halogens is 2. The summed E-state index contributed by atoms with van der Waals surface area (Å²) in [7, 11) is 0. The van der Waals surface area contributed by atoms with Crippen molar-refractivity contribution in [2.45, 2.75) is 12.8 Å². The van der Waals surface area contributed by atoms with E-state index in [2.05, 4.69) is 4.98 Å². The second-order valence-electron chi connectivity index (χ2n) is 2.36. The van der Waals surface area contributed by atoms with Crippen LogP contribution in [0.4, 0.5) is 8.78 Å². The normalized spacial score (nSPS) is 10.0. The van der Waals surface area contributed by atoms with Gasteiger partial charge in [0.2, 0.25) is 0 Å². The van der Waals surface area contributed by atoms with Gasteiger partial charge in [0.05, 0.1) is 18.7 Å². The van der Waals surface area contributed by atoms with Crippen molar-refractivity contribution in [1.82, 2.24) is 4.98 Å². The lowest BCUT2D eigenvalue weighted by Gasteiger charge is -2.05. The van der Waals surface area contributed by atoms with Gasteiger partial charge in [-0.2, -0.15) is 5.26 Å². The number of alkyl halides is 2. The summed E-state index contributed by atoms with van der Waals surface area (Å²) < 4.78 is 24.5. The molecule has 0 spiro atoms. The highest BCUT2D eigenvalue weighted by Crippen LogP contribution is 2.27. The summed E-state index contributed by atoms with van der Waals surface area (Å²) in [6, 6.07) is 1.70. The van der Waals surface area contributed by atoms with Crippen molar-refractivity contribution >= 4 is 0 Å². The number of pyridine rings is 1. The first-order chi connectivity index (χ1) is 6.16. The van der Waals surface area contributed by atoms with Gasteiger partial charge in [-0.15, -0.1) is 0 Å². The third kappa shape index (κ3) is 1.90. The number of hydrogen-bond acceptors (Lipinski definition) is 3. The Morgan fingerprint density at radius 3 is 2.77 bits per heavy atom. The van der Waals surface area contributed by atoms with Gasteiger partial charge >= 0.3 is 0 Å². The van der Waals surface area contributed by atoms with Crippen molar-refractivity contribution < 1.29 is 13.9 Å². The Morgan fingerprint density at radius 1 is 1.54 bits per heavy atom. The molecule has 0 fully saturated rings. The minimum Gasteiger partial charge on any atom is -0.506 e. The standard InChI is InChI=1S/C8H6F2N2O/c9-8(10)6-3-12-4-7(13)5(6)1-2-11/h3-4,8,13H,1H2. The second-order valence-corrected chi connectivity index (χ2v) is 2.36. The van der Waals surface area contributed by atoms with Crippen molar-refractivity contribution in [2.24, 2.45) is 0 Å². The highest BCUT2D eigenvalue weighted by molar-refractivity contribution is 5.38. The number of nitrogens with zero attached hydrogens (tertiary/aromatic N) is 2. The fourth-order valence-electron chi connectivity index (χ4n) is 0.952. The van der Waals surface area contributed by atoms with Gasteiger partial charge in [-0.25, -0.2) is 8.78 Å². The van der Waals surface area contributed by atoms with Crippen LogP contribution >= 0.6 is 0 Å². The predicted molar refractivity (Wildman–Crippen MR) is 40.2 cm³/mol. The van der Waals surface area contributed by atoms with Gasteiger partial charge in [-0.1, -0.05) is 0 Å². The molecule has 1 aromatic rings. The van der Waals surface area contributed by atoms with E-state index >= 15 is 0 Å². The van der Waals surface area contributed by atoms with Gasteiger partial charge < -0.3 is 5.11 Å². The van der Waals surface area contributed by atoms with Crippen LogP contribution in [0.25, 0.3) is 0 Å². The Kier molecular flexibility index (Phi) is 2.75. The fraction of sp³-hybridized carbons (Fsp3) is 0.250. The summed E-state index contributed by atoms with van der Waals surface area (Å²) in [4.78, 5) is 3.41. The average molecular weight is 184 g/mol. The highest BCUT2D eigenvalue weighted by Gasteiger charge is 2.15. The SMILES string of the molecule is N#CCc1c(O)cncc1C(F)F. The van der Waals surface area contributed by atoms with Crippen molar-refractivity contribution in [3.05, 3.63) is 23.5 Å². The van der Waals surface area contributed by atoms with Crippen LogP contribution in [-0.4, -0.2) is 10.1 Å². The largest absolute Gasteiger partial charge is 0.506 e. The zero-order valence-electron chi connectivity index (χ0n) is 6.54. The van der Waals surface area contributed by atoms with Crippen molar-refractivity contribution in [3.63, 3.8) is 0 Å². The van der Waals surface area contributed by atoms with Crippen LogP contribution in [0.1, 0.15) is 17.6 Å². The highest BCUT2D eigenvalue weighted by atomic mass is 19.3. The lowest BCUT2D eigenvalue weighted by Crippen LogP contribution is -1.95. The van der Waals surface area contributed by atoms with Crippen LogP contribution in [0, 0.1) is 11.3 Å². The summed E-state index contributed by atoms with van der Waals surface area (Å²) in [5.74, 6) is -0.362. The Hall–Kier alpha value is -1.70. The molecule has 0 aromatic carbocycles. The van der Waals surface area contributed by atoms with Gasteiger partial charge in [0, 0.05) is 17.3 Å². The van der Waals surface area contributed by atoms with E-state index in [9.17, 15) is 8.78 Å². The van der Waals surface area contributed by atoms with Crippen LogP contribution in [-0.2, 0) is 6.42 Å². The number of aromatic nitrogens is 1. The molecule has 0 aliphatic rings. The van der Waals surface area contributed by atoms with Gasteiger partial charge in [0.15, 0.2) is 0 Å². The molecule has 0 saturated heterocycles. The molecule has 1 heterocycles. The molecular formula is C8H6F2N2O. The Bertz CT molecular complexity index is 346. The number of hydrogen-bond donors (Lipinski definition) is 1. The molecule has 13 heavy (non-hydrogen) atoms. The van der Waals surface area contributed by atoms with Gasteiger partial charge in [-0.3, -0.25) is 4.98 Å². The van der Waals surface area contributed by atoms with E-state index in [0.29, 0.717) is 0 Å². The number of nitriles is 1. The van der Waals surface area contributed by atoms with E-state index < -0.39 is 6.43 Å². The van der Waals surface area contributed by atoms with Crippen LogP contribution < -0.4 is 0 Å². The first kappa shape index (κ1) is 9.39. The molecule has 1 rings (SSSR count). The molecule has 0 aliphatic heterocycles. The molecule has 5 heteroatoms. The number of aromatic hydroxyl groups is 1. The van der Waals surface area contributed by atoms with Crippen molar-refractivity contribution in [1.29, 1.82) is 5.26 Å². The lowest BCUT2D eigenvalue weighted by atomic mass is 10.1. The van der Waals surface area contributed by atoms with Crippen LogP contribution in [0.3, 0.4) is 0 Å². The molecule has 68 valence electrons. The predicted octanol–water partition coefficient (Wildman–Crippen LogP) is 1.79. The van der Waals surface area contributed by atoms with Crippen LogP contribution in [0.2, 0.25) is 0 Å². The molecule has 0 unspecified atom stereocenters. The van der Waals surface area contributed by atoms with Gasteiger partial charge in [0.1, 0.15) is 5.75 Å². The van der Waals surface area contributed by atoms with Crippen molar-refractivity contribution in [2.75, 3.05) is 0 Å². The molecule has 1 aromatic heterocycles. The zero-order chi connectivity index (χ0) is 9.84. The molecule has 0 amide bonds. The van der Waals surface area contributed by atoms with E-state index in [-0.39, 0.29) is 23.3 Å². The van der Waals surface area contributed by atoms with Gasteiger partial charge in [-0.05, 0) is 0 Å². The minimum atomic E-state index is -2.72. The summed E-state index contributed by atoms with van der Waals surface area (Å²) in [6.07, 6.45) is -0.966. The number of rotatable bonds is 2. The van der Waals surface area contributed by atoms with Gasteiger partial charge in [0.25, 0.3) is 6.43 Å². The molecule has 0 aliphatic carbocycles. The molecule has 0 radical (unpaired) electrons. The molecule has 3 nitrogen and oxygen atoms in total. The summed E-state index contributed by atoms with van der Waals surface area (Å²) in [5, 5.41) is 17.4. The van der Waals surface area contributed by atoms with E-state index in [1.165, 1.54) is 0 Å². The fourth-order valence-corrected chi connectivity index (χ4v) is 0.952. The summed E-state index contributed by atoms with van der Waals surface area (Å²) >= 11 is 0. The topological polar surface area (TPSA) is 56.9 Å². The third-order valence-electron chi connectivity index (χ3n) is 1.56. The zero-order valence-corrected chi connectivity index (χ0v) is 6.54. The molecule has 0 atom stereocenters. The third-order valence-corrected chi connectivity index (χ3v) is 1.56. The average Bonchev–Trinajstić information content (AvgIpc) is 2.08. The molecular weight excluding hydrogens is 178 g/mol. The lowest BCUT2D eigenvalue weighted by molar-refractivity contribution is 0.149. The quantitative estimate of drug-likeness (QED) is 0.762. The maximum Gasteiger partial charge on any atom is 0.265 e.